The maximum atomic E-state index is 13.4. The minimum absolute atomic E-state index is 0.131. The average molecular weight is 487 g/mol. The molecule has 0 unspecified atom stereocenters. The fourth-order valence-electron chi connectivity index (χ4n) is 4.00. The Hall–Kier alpha value is -3.23. The maximum Gasteiger partial charge on any atom is 0.272 e. The van der Waals surface area contributed by atoms with Crippen molar-refractivity contribution in [2.45, 2.75) is 51.2 Å². The summed E-state index contributed by atoms with van der Waals surface area (Å²) >= 11 is 0. The Bertz CT molecular complexity index is 1250. The number of nitrogens with zero attached hydrogens (tertiary/aromatic N) is 4. The van der Waals surface area contributed by atoms with Gasteiger partial charge in [0.15, 0.2) is 11.1 Å². The van der Waals surface area contributed by atoms with E-state index in [9.17, 15) is 18.0 Å². The van der Waals surface area contributed by atoms with E-state index in [1.165, 1.54) is 24.6 Å². The molecule has 34 heavy (non-hydrogen) atoms. The molecule has 0 bridgehead atoms. The Morgan fingerprint density at radius 1 is 1.24 bits per heavy atom. The number of rotatable bonds is 5. The third-order valence-corrected chi connectivity index (χ3v) is 6.92. The first-order valence-corrected chi connectivity index (χ1v) is 12.4. The fraction of sp³-hybridized carbons (Fsp3) is 0.478. The number of hydrogen-bond donors (Lipinski definition) is 2. The lowest BCUT2D eigenvalue weighted by molar-refractivity contribution is -0.124. The second-order valence-electron chi connectivity index (χ2n) is 9.48. The van der Waals surface area contributed by atoms with Crippen LogP contribution in [0.4, 0.5) is 0 Å². The molecule has 182 valence electrons. The lowest BCUT2D eigenvalue weighted by Crippen LogP contribution is -2.53. The van der Waals surface area contributed by atoms with Gasteiger partial charge in [0.2, 0.25) is 5.91 Å². The van der Waals surface area contributed by atoms with Crippen LogP contribution in [0.15, 0.2) is 29.2 Å². The Labute approximate surface area is 199 Å². The predicted molar refractivity (Wildman–Crippen MR) is 126 cm³/mol. The lowest BCUT2D eigenvalue weighted by Gasteiger charge is -2.29. The number of nitrogens with one attached hydrogen (secondary N) is 2. The number of carbonyl (C=O) groups excluding carboxylic acids is 2. The van der Waals surface area contributed by atoms with Gasteiger partial charge in [-0.15, -0.1) is 0 Å². The van der Waals surface area contributed by atoms with E-state index in [2.05, 4.69) is 20.5 Å². The highest BCUT2D eigenvalue weighted by molar-refractivity contribution is 7.95. The van der Waals surface area contributed by atoms with Crippen molar-refractivity contribution in [1.82, 2.24) is 25.1 Å². The summed E-state index contributed by atoms with van der Waals surface area (Å²) in [7, 11) is -0.614. The van der Waals surface area contributed by atoms with Crippen LogP contribution in [0.25, 0.3) is 11.4 Å². The zero-order valence-electron chi connectivity index (χ0n) is 20.0. The van der Waals surface area contributed by atoms with E-state index in [-0.39, 0.29) is 16.5 Å². The Balaban J connectivity index is 2.12. The van der Waals surface area contributed by atoms with Crippen LogP contribution in [-0.4, -0.2) is 61.4 Å². The summed E-state index contributed by atoms with van der Waals surface area (Å²) in [6.07, 6.45) is 0.812. The second-order valence-corrected chi connectivity index (χ2v) is 11.1. The van der Waals surface area contributed by atoms with Gasteiger partial charge < -0.3 is 20.1 Å². The standard InChI is InChI=1S/C23H30N6O4S/c1-23(2,3)19(22(31)25-4)27-21(30)18-17-13-28(5)10-7-11-29(17)20(26-18)15-8-6-9-16(12-15)34(32,33)14-24/h6,8-9,12,19H,7,10-11,13H2,1-5H3,(H,25,31)(H,27,30)/t19-/m1/s1. The molecule has 11 heteroatoms. The number of hydrogen-bond acceptors (Lipinski definition) is 7. The van der Waals surface area contributed by atoms with Crippen LogP contribution in [0.1, 0.15) is 43.4 Å². The molecule has 1 aromatic heterocycles. The zero-order chi connectivity index (χ0) is 25.3. The molecule has 10 nitrogen and oxygen atoms in total. The molecule has 1 aliphatic heterocycles. The fourth-order valence-corrected chi connectivity index (χ4v) is 4.64. The normalized spacial score (nSPS) is 15.5. The van der Waals surface area contributed by atoms with Gasteiger partial charge in [-0.25, -0.2) is 13.4 Å². The molecule has 1 atom stereocenters. The molecule has 0 saturated heterocycles. The van der Waals surface area contributed by atoms with Gasteiger partial charge in [-0.1, -0.05) is 32.9 Å². The molecule has 0 radical (unpaired) electrons. The van der Waals surface area contributed by atoms with Crippen LogP contribution in [0.2, 0.25) is 0 Å². The third kappa shape index (κ3) is 5.13. The van der Waals surface area contributed by atoms with Crippen LogP contribution in [0.3, 0.4) is 0 Å². The van der Waals surface area contributed by atoms with E-state index < -0.39 is 27.2 Å². The summed E-state index contributed by atoms with van der Waals surface area (Å²) in [4.78, 5) is 32.4. The van der Waals surface area contributed by atoms with E-state index in [0.717, 1.165) is 13.0 Å². The number of fused-ring (bicyclic) bond motifs is 1. The van der Waals surface area contributed by atoms with E-state index in [4.69, 9.17) is 5.26 Å². The molecule has 0 aliphatic carbocycles. The molecular weight excluding hydrogens is 456 g/mol. The third-order valence-electron chi connectivity index (χ3n) is 5.80. The van der Waals surface area contributed by atoms with Crippen molar-refractivity contribution in [3.63, 3.8) is 0 Å². The number of aromatic nitrogens is 2. The molecule has 1 aromatic carbocycles. The maximum absolute atomic E-state index is 13.4. The first kappa shape index (κ1) is 25.4. The van der Waals surface area contributed by atoms with Crippen LogP contribution in [-0.2, 0) is 27.7 Å². The number of sulfone groups is 1. The molecule has 0 spiro atoms. The van der Waals surface area contributed by atoms with Gasteiger partial charge in [-0.3, -0.25) is 9.59 Å². The predicted octanol–water partition coefficient (Wildman–Crippen LogP) is 1.53. The van der Waals surface area contributed by atoms with Crippen molar-refractivity contribution in [2.24, 2.45) is 5.41 Å². The molecule has 2 aromatic rings. The largest absolute Gasteiger partial charge is 0.357 e. The summed E-state index contributed by atoms with van der Waals surface area (Å²) in [5, 5.41) is 15.8. The topological polar surface area (TPSA) is 137 Å². The molecule has 3 rings (SSSR count). The van der Waals surface area contributed by atoms with Gasteiger partial charge in [0.05, 0.1) is 10.6 Å². The van der Waals surface area contributed by atoms with Crippen molar-refractivity contribution < 1.29 is 18.0 Å². The van der Waals surface area contributed by atoms with Gasteiger partial charge >= 0.3 is 0 Å². The van der Waals surface area contributed by atoms with Crippen molar-refractivity contribution in [2.75, 3.05) is 20.6 Å². The summed E-state index contributed by atoms with van der Waals surface area (Å²) in [5.74, 6) is -0.342. The lowest BCUT2D eigenvalue weighted by atomic mass is 9.86. The Morgan fingerprint density at radius 3 is 2.56 bits per heavy atom. The van der Waals surface area contributed by atoms with Gasteiger partial charge in [0.25, 0.3) is 15.7 Å². The van der Waals surface area contributed by atoms with Gasteiger partial charge in [-0.05, 0) is 37.6 Å². The number of benzene rings is 1. The smallest absolute Gasteiger partial charge is 0.272 e. The van der Waals surface area contributed by atoms with Crippen molar-refractivity contribution >= 4 is 21.7 Å². The Morgan fingerprint density at radius 2 is 1.94 bits per heavy atom. The summed E-state index contributed by atoms with van der Waals surface area (Å²) in [6, 6.07) is 5.22. The Kier molecular flexibility index (Phi) is 7.14. The number of amides is 2. The number of imidazole rings is 1. The molecule has 1 aliphatic rings. The quantitative estimate of drug-likeness (QED) is 0.483. The first-order chi connectivity index (χ1) is 15.9. The zero-order valence-corrected chi connectivity index (χ0v) is 20.9. The SMILES string of the molecule is CNC(=O)[C@@H](NC(=O)c1nc(-c2cccc(S(=O)(=O)C#N)c2)n2c1CN(C)CCC2)C(C)(C)C. The number of carbonyl (C=O) groups is 2. The summed E-state index contributed by atoms with van der Waals surface area (Å²) < 4.78 is 26.1. The van der Waals surface area contributed by atoms with Crippen molar-refractivity contribution in [1.29, 1.82) is 5.26 Å². The van der Waals surface area contributed by atoms with Crippen LogP contribution >= 0.6 is 0 Å². The van der Waals surface area contributed by atoms with E-state index >= 15 is 0 Å². The van der Waals surface area contributed by atoms with E-state index in [1.807, 2.05) is 32.4 Å². The number of thiocyanates is 1. The summed E-state index contributed by atoms with van der Waals surface area (Å²) in [6.45, 7) is 7.45. The summed E-state index contributed by atoms with van der Waals surface area (Å²) in [5.41, 5.74) is 0.826. The molecule has 0 fully saturated rings. The van der Waals surface area contributed by atoms with Gasteiger partial charge in [0, 0.05) is 25.7 Å². The molecule has 2 amide bonds. The monoisotopic (exact) mass is 486 g/mol. The molecular formula is C23H30N6O4S. The average Bonchev–Trinajstić information content (AvgIpc) is 3.02. The molecule has 0 saturated carbocycles. The number of nitriles is 1. The minimum atomic E-state index is -4.08. The van der Waals surface area contributed by atoms with Crippen molar-refractivity contribution in [3.05, 3.63) is 35.7 Å². The van der Waals surface area contributed by atoms with E-state index in [1.54, 1.807) is 12.1 Å². The number of likely N-dealkylation sites (N-methyl/N-ethyl adjacent to an activating group) is 1. The van der Waals surface area contributed by atoms with Gasteiger partial charge in [0.1, 0.15) is 11.9 Å². The molecule has 2 heterocycles. The second kappa shape index (κ2) is 9.56. The van der Waals surface area contributed by atoms with Crippen LogP contribution in [0.5, 0.6) is 0 Å². The molecule has 2 N–H and O–H groups in total. The van der Waals surface area contributed by atoms with Crippen LogP contribution < -0.4 is 10.6 Å². The highest BCUT2D eigenvalue weighted by Crippen LogP contribution is 2.28. The van der Waals surface area contributed by atoms with Gasteiger partial charge in [-0.2, -0.15) is 5.26 Å². The minimum Gasteiger partial charge on any atom is -0.357 e. The first-order valence-electron chi connectivity index (χ1n) is 11.0. The van der Waals surface area contributed by atoms with E-state index in [0.29, 0.717) is 30.2 Å². The van der Waals surface area contributed by atoms with Crippen molar-refractivity contribution in [3.8, 4) is 16.8 Å². The van der Waals surface area contributed by atoms with Crippen LogP contribution in [0, 0.1) is 16.1 Å². The highest BCUT2D eigenvalue weighted by Gasteiger charge is 2.34. The highest BCUT2D eigenvalue weighted by atomic mass is 32.2.